The van der Waals surface area contributed by atoms with Crippen LogP contribution in [0.2, 0.25) is 0 Å². The third-order valence-corrected chi connectivity index (χ3v) is 8.41. The summed E-state index contributed by atoms with van der Waals surface area (Å²) < 4.78 is 13.2. The summed E-state index contributed by atoms with van der Waals surface area (Å²) >= 11 is 0. The highest BCUT2D eigenvalue weighted by Gasteiger charge is 2.42. The summed E-state index contributed by atoms with van der Waals surface area (Å²) in [6, 6.07) is 33.5. The Morgan fingerprint density at radius 3 is 1.83 bits per heavy atom. The van der Waals surface area contributed by atoms with Crippen LogP contribution >= 0.6 is 7.60 Å². The van der Waals surface area contributed by atoms with Crippen LogP contribution in [0.5, 0.6) is 0 Å². The molecule has 1 amide bonds. The Morgan fingerprint density at radius 2 is 1.31 bits per heavy atom. The van der Waals surface area contributed by atoms with Crippen LogP contribution in [0, 0.1) is 5.92 Å². The van der Waals surface area contributed by atoms with Crippen molar-refractivity contribution >= 4 is 25.2 Å². The maximum absolute atomic E-state index is 14.0. The summed E-state index contributed by atoms with van der Waals surface area (Å²) in [5.41, 5.74) is 3.60. The number of carbonyl (C=O) groups excluding carboxylic acids is 1. The first kappa shape index (κ1) is 30.7. The molecule has 4 rings (SSSR count). The molecule has 0 aliphatic carbocycles. The van der Waals surface area contributed by atoms with E-state index in [1.54, 1.807) is 67.6 Å². The van der Waals surface area contributed by atoms with Gasteiger partial charge >= 0.3 is 13.6 Å². The van der Waals surface area contributed by atoms with Gasteiger partial charge in [0.1, 0.15) is 6.04 Å². The standard InChI is InChI=1S/C33H35N2O6P/c1-2-25(33(37)38)23-34-31(36)30(22-24-18-20-27(21-19-24)26-12-6-3-7-13-26)35(29-16-10-5-11-17-29)32(42(39,40)41)28-14-8-4-9-15-28/h3-21,25,30,32H,2,22-23H2,1H3,(H,34,36)(H,37,38)(H2,39,40,41)/t25-,30?,32?/m0/s1. The molecule has 0 radical (unpaired) electrons. The number of nitrogens with one attached hydrogen (secondary N) is 1. The van der Waals surface area contributed by atoms with Crippen LogP contribution in [0.15, 0.2) is 115 Å². The quantitative estimate of drug-likeness (QED) is 0.144. The Kier molecular flexibility index (Phi) is 10.3. The summed E-state index contributed by atoms with van der Waals surface area (Å²) in [5.74, 6) is -3.82. The van der Waals surface area contributed by atoms with E-state index in [0.717, 1.165) is 16.7 Å². The summed E-state index contributed by atoms with van der Waals surface area (Å²) in [6.07, 6.45) is 0.432. The highest BCUT2D eigenvalue weighted by molar-refractivity contribution is 7.52. The van der Waals surface area contributed by atoms with Gasteiger partial charge in [0.25, 0.3) is 0 Å². The number of carboxylic acid groups (broad SMARTS) is 1. The SMILES string of the molecule is CC[C@@H](CNC(=O)C(Cc1ccc(-c2ccccc2)cc1)N(c1ccccc1)C(c1ccccc1)P(=O)(O)O)C(=O)O. The van der Waals surface area contributed by atoms with Crippen molar-refractivity contribution in [3.63, 3.8) is 0 Å². The number of carboxylic acids is 1. The van der Waals surface area contributed by atoms with Crippen LogP contribution in [0.4, 0.5) is 5.69 Å². The molecule has 42 heavy (non-hydrogen) atoms. The van der Waals surface area contributed by atoms with E-state index in [2.05, 4.69) is 5.32 Å². The largest absolute Gasteiger partial charge is 0.481 e. The zero-order chi connectivity index (χ0) is 30.1. The Morgan fingerprint density at radius 1 is 0.786 bits per heavy atom. The predicted octanol–water partition coefficient (Wildman–Crippen LogP) is 5.87. The van der Waals surface area contributed by atoms with Crippen LogP contribution in [0.1, 0.15) is 30.3 Å². The molecule has 0 saturated carbocycles. The Hall–Kier alpha value is -4.23. The second kappa shape index (κ2) is 14.1. The second-order valence-electron chi connectivity index (χ2n) is 10.1. The van der Waals surface area contributed by atoms with Crippen LogP contribution in [-0.2, 0) is 20.6 Å². The zero-order valence-corrected chi connectivity index (χ0v) is 24.2. The number of amides is 1. The molecule has 4 aromatic rings. The van der Waals surface area contributed by atoms with Crippen LogP contribution < -0.4 is 10.2 Å². The number of anilines is 1. The van der Waals surface area contributed by atoms with Gasteiger partial charge in [0.05, 0.1) is 5.92 Å². The lowest BCUT2D eigenvalue weighted by atomic mass is 9.98. The smallest absolute Gasteiger partial charge is 0.352 e. The lowest BCUT2D eigenvalue weighted by Gasteiger charge is -2.39. The third-order valence-electron chi connectivity index (χ3n) is 7.23. The van der Waals surface area contributed by atoms with Crippen LogP contribution in [0.25, 0.3) is 11.1 Å². The summed E-state index contributed by atoms with van der Waals surface area (Å²) in [4.78, 5) is 48.5. The highest BCUT2D eigenvalue weighted by Crippen LogP contribution is 2.55. The number of para-hydroxylation sites is 1. The fraction of sp³-hybridized carbons (Fsp3) is 0.212. The van der Waals surface area contributed by atoms with Gasteiger partial charge in [-0.15, -0.1) is 0 Å². The fourth-order valence-electron chi connectivity index (χ4n) is 4.99. The number of nitrogens with zero attached hydrogens (tertiary/aromatic N) is 1. The van der Waals surface area contributed by atoms with Gasteiger partial charge in [-0.05, 0) is 40.8 Å². The maximum atomic E-state index is 14.0. The first-order valence-corrected chi connectivity index (χ1v) is 15.5. The molecule has 0 aliphatic heterocycles. The summed E-state index contributed by atoms with van der Waals surface area (Å²) in [7, 11) is -4.87. The van der Waals surface area contributed by atoms with Gasteiger partial charge in [0, 0.05) is 18.7 Å². The number of benzene rings is 4. The Bertz CT molecular complexity index is 1490. The van der Waals surface area contributed by atoms with Crippen molar-refractivity contribution in [2.75, 3.05) is 11.4 Å². The Labute approximate surface area is 245 Å². The molecule has 4 aromatic carbocycles. The average molecular weight is 587 g/mol. The van der Waals surface area contributed by atoms with E-state index in [4.69, 9.17) is 0 Å². The van der Waals surface area contributed by atoms with Gasteiger partial charge < -0.3 is 25.1 Å². The number of carbonyl (C=O) groups is 2. The topological polar surface area (TPSA) is 127 Å². The molecular formula is C33H35N2O6P. The second-order valence-corrected chi connectivity index (χ2v) is 11.8. The van der Waals surface area contributed by atoms with Crippen molar-refractivity contribution in [2.24, 2.45) is 5.92 Å². The van der Waals surface area contributed by atoms with E-state index in [1.165, 1.54) is 4.90 Å². The van der Waals surface area contributed by atoms with E-state index in [1.807, 2.05) is 54.6 Å². The molecule has 0 spiro atoms. The van der Waals surface area contributed by atoms with Gasteiger partial charge in [-0.1, -0.05) is 110 Å². The number of aliphatic carboxylic acids is 1. The normalized spacial score (nSPS) is 13.5. The third kappa shape index (κ3) is 7.74. The van der Waals surface area contributed by atoms with E-state index >= 15 is 0 Å². The molecule has 0 aliphatic rings. The molecule has 2 unspecified atom stereocenters. The number of hydrogen-bond acceptors (Lipinski definition) is 4. The molecule has 4 N–H and O–H groups in total. The molecule has 0 saturated heterocycles. The summed E-state index contributed by atoms with van der Waals surface area (Å²) in [5, 5.41) is 12.3. The van der Waals surface area contributed by atoms with Gasteiger partial charge in [0.15, 0.2) is 5.78 Å². The minimum Gasteiger partial charge on any atom is -0.481 e. The van der Waals surface area contributed by atoms with Crippen molar-refractivity contribution < 1.29 is 29.0 Å². The van der Waals surface area contributed by atoms with Gasteiger partial charge in [-0.25, -0.2) is 0 Å². The first-order chi connectivity index (χ1) is 20.2. The van der Waals surface area contributed by atoms with Crippen molar-refractivity contribution in [1.29, 1.82) is 0 Å². The fourth-order valence-corrected chi connectivity index (χ4v) is 6.17. The lowest BCUT2D eigenvalue weighted by molar-refractivity contribution is -0.141. The summed E-state index contributed by atoms with van der Waals surface area (Å²) in [6.45, 7) is 1.62. The van der Waals surface area contributed by atoms with Crippen LogP contribution in [-0.4, -0.2) is 39.4 Å². The maximum Gasteiger partial charge on any atom is 0.352 e. The monoisotopic (exact) mass is 586 g/mol. The van der Waals surface area contributed by atoms with Crippen LogP contribution in [0.3, 0.4) is 0 Å². The predicted molar refractivity (Wildman–Crippen MR) is 164 cm³/mol. The minimum atomic E-state index is -4.87. The molecule has 8 nitrogen and oxygen atoms in total. The molecule has 9 heteroatoms. The lowest BCUT2D eigenvalue weighted by Crippen LogP contribution is -2.51. The Balaban J connectivity index is 1.80. The molecular weight excluding hydrogens is 551 g/mol. The average Bonchev–Trinajstić information content (AvgIpc) is 3.00. The zero-order valence-electron chi connectivity index (χ0n) is 23.3. The molecule has 0 aromatic heterocycles. The van der Waals surface area contributed by atoms with Gasteiger partial charge in [-0.2, -0.15) is 0 Å². The van der Waals surface area contributed by atoms with Crippen molar-refractivity contribution in [2.45, 2.75) is 31.6 Å². The molecule has 0 bridgehead atoms. The number of hydrogen-bond donors (Lipinski definition) is 4. The van der Waals surface area contributed by atoms with E-state index < -0.39 is 37.2 Å². The first-order valence-electron chi connectivity index (χ1n) is 13.8. The minimum absolute atomic E-state index is 0.108. The molecule has 218 valence electrons. The van der Waals surface area contributed by atoms with Gasteiger partial charge in [-0.3, -0.25) is 14.2 Å². The molecule has 0 fully saturated rings. The van der Waals surface area contributed by atoms with E-state index in [-0.39, 0.29) is 13.0 Å². The van der Waals surface area contributed by atoms with E-state index in [9.17, 15) is 29.0 Å². The number of rotatable bonds is 13. The highest BCUT2D eigenvalue weighted by atomic mass is 31.2. The van der Waals surface area contributed by atoms with Crippen molar-refractivity contribution in [1.82, 2.24) is 5.32 Å². The van der Waals surface area contributed by atoms with Crippen molar-refractivity contribution in [3.05, 3.63) is 126 Å². The van der Waals surface area contributed by atoms with Crippen molar-refractivity contribution in [3.8, 4) is 11.1 Å². The molecule has 0 heterocycles. The molecule has 3 atom stereocenters. The van der Waals surface area contributed by atoms with E-state index in [0.29, 0.717) is 17.7 Å². The van der Waals surface area contributed by atoms with Gasteiger partial charge in [0.2, 0.25) is 5.91 Å².